The SMILES string of the molecule is CCOC(=O)/C=C/c1ccc(NC(=O)CNC(c2ccccc2)C(C)C)cc1. The van der Waals surface area contributed by atoms with Gasteiger partial charge in [0.1, 0.15) is 0 Å². The summed E-state index contributed by atoms with van der Waals surface area (Å²) in [6.45, 7) is 6.60. The normalized spacial score (nSPS) is 12.1. The third-order valence-electron chi connectivity index (χ3n) is 4.20. The summed E-state index contributed by atoms with van der Waals surface area (Å²) < 4.78 is 4.85. The van der Waals surface area contributed by atoms with E-state index in [0.29, 0.717) is 18.2 Å². The Morgan fingerprint density at radius 3 is 2.32 bits per heavy atom. The second kappa shape index (κ2) is 11.0. The molecule has 0 aliphatic heterocycles. The number of rotatable bonds is 9. The predicted molar refractivity (Wildman–Crippen MR) is 113 cm³/mol. The van der Waals surface area contributed by atoms with Crippen molar-refractivity contribution in [3.05, 3.63) is 71.8 Å². The van der Waals surface area contributed by atoms with Crippen molar-refractivity contribution < 1.29 is 14.3 Å². The number of ether oxygens (including phenoxy) is 1. The molecule has 2 N–H and O–H groups in total. The van der Waals surface area contributed by atoms with Crippen LogP contribution in [0.3, 0.4) is 0 Å². The molecule has 1 atom stereocenters. The zero-order valence-corrected chi connectivity index (χ0v) is 16.6. The molecule has 0 heterocycles. The zero-order chi connectivity index (χ0) is 20.4. The standard InChI is InChI=1S/C23H28N2O3/c1-4-28-22(27)15-12-18-10-13-20(14-11-18)25-21(26)16-24-23(17(2)3)19-8-6-5-7-9-19/h5-15,17,23-24H,4,16H2,1-3H3,(H,25,26)/b15-12+. The number of carbonyl (C=O) groups is 2. The van der Waals surface area contributed by atoms with Crippen molar-refractivity contribution in [2.75, 3.05) is 18.5 Å². The van der Waals surface area contributed by atoms with E-state index in [4.69, 9.17) is 4.74 Å². The fourth-order valence-corrected chi connectivity index (χ4v) is 2.84. The molecule has 0 saturated carbocycles. The summed E-state index contributed by atoms with van der Waals surface area (Å²) in [6.07, 6.45) is 3.06. The lowest BCUT2D eigenvalue weighted by molar-refractivity contribution is -0.137. The Morgan fingerprint density at radius 2 is 1.71 bits per heavy atom. The van der Waals surface area contributed by atoms with Crippen LogP contribution in [0.5, 0.6) is 0 Å². The summed E-state index contributed by atoms with van der Waals surface area (Å²) >= 11 is 0. The van der Waals surface area contributed by atoms with Gasteiger partial charge in [-0.1, -0.05) is 56.3 Å². The molecule has 148 valence electrons. The van der Waals surface area contributed by atoms with E-state index in [-0.39, 0.29) is 24.5 Å². The molecule has 2 aromatic rings. The second-order valence-electron chi connectivity index (χ2n) is 6.77. The van der Waals surface area contributed by atoms with Crippen LogP contribution in [0.1, 0.15) is 37.9 Å². The van der Waals surface area contributed by atoms with Crippen LogP contribution in [0.25, 0.3) is 6.08 Å². The average Bonchev–Trinajstić information content (AvgIpc) is 2.68. The third-order valence-corrected chi connectivity index (χ3v) is 4.20. The molecule has 5 heteroatoms. The highest BCUT2D eigenvalue weighted by Crippen LogP contribution is 2.21. The van der Waals surface area contributed by atoms with Crippen LogP contribution in [0.2, 0.25) is 0 Å². The molecule has 0 aromatic heterocycles. The Labute approximate surface area is 166 Å². The maximum Gasteiger partial charge on any atom is 0.330 e. The number of esters is 1. The summed E-state index contributed by atoms with van der Waals surface area (Å²) in [4.78, 5) is 23.6. The molecule has 0 aliphatic rings. The highest BCUT2D eigenvalue weighted by molar-refractivity contribution is 5.92. The molecule has 0 fully saturated rings. The molecular formula is C23H28N2O3. The highest BCUT2D eigenvalue weighted by Gasteiger charge is 2.16. The lowest BCUT2D eigenvalue weighted by Crippen LogP contribution is -2.33. The van der Waals surface area contributed by atoms with Crippen molar-refractivity contribution >= 4 is 23.6 Å². The Bertz CT molecular complexity index is 783. The van der Waals surface area contributed by atoms with Crippen LogP contribution in [-0.4, -0.2) is 25.0 Å². The van der Waals surface area contributed by atoms with Gasteiger partial charge >= 0.3 is 5.97 Å². The highest BCUT2D eigenvalue weighted by atomic mass is 16.5. The smallest absolute Gasteiger partial charge is 0.330 e. The Balaban J connectivity index is 1.88. The summed E-state index contributed by atoms with van der Waals surface area (Å²) in [6, 6.07) is 17.5. The van der Waals surface area contributed by atoms with Gasteiger partial charge in [-0.25, -0.2) is 4.79 Å². The number of hydrogen-bond donors (Lipinski definition) is 2. The van der Waals surface area contributed by atoms with Crippen LogP contribution in [0.15, 0.2) is 60.7 Å². The number of amides is 1. The van der Waals surface area contributed by atoms with Crippen molar-refractivity contribution in [3.8, 4) is 0 Å². The van der Waals surface area contributed by atoms with Crippen LogP contribution in [0, 0.1) is 5.92 Å². The zero-order valence-electron chi connectivity index (χ0n) is 16.6. The van der Waals surface area contributed by atoms with Gasteiger partial charge in [0.05, 0.1) is 13.2 Å². The largest absolute Gasteiger partial charge is 0.463 e. The first-order valence-corrected chi connectivity index (χ1v) is 9.52. The van der Waals surface area contributed by atoms with E-state index in [1.54, 1.807) is 25.1 Å². The van der Waals surface area contributed by atoms with Gasteiger partial charge in [0.2, 0.25) is 5.91 Å². The summed E-state index contributed by atoms with van der Waals surface area (Å²) in [5, 5.41) is 6.22. The topological polar surface area (TPSA) is 67.4 Å². The fraction of sp³-hybridized carbons (Fsp3) is 0.304. The van der Waals surface area contributed by atoms with Gasteiger partial charge in [-0.15, -0.1) is 0 Å². The summed E-state index contributed by atoms with van der Waals surface area (Å²) in [7, 11) is 0. The van der Waals surface area contributed by atoms with Gasteiger partial charge in [0.25, 0.3) is 0 Å². The first-order chi connectivity index (χ1) is 13.5. The van der Waals surface area contributed by atoms with E-state index in [0.717, 1.165) is 5.56 Å². The van der Waals surface area contributed by atoms with Gasteiger partial charge in [-0.3, -0.25) is 4.79 Å². The number of carbonyl (C=O) groups excluding carboxylic acids is 2. The van der Waals surface area contributed by atoms with E-state index in [2.05, 4.69) is 36.6 Å². The van der Waals surface area contributed by atoms with E-state index in [1.165, 1.54) is 11.6 Å². The van der Waals surface area contributed by atoms with E-state index in [1.807, 2.05) is 30.3 Å². The molecular weight excluding hydrogens is 352 g/mol. The molecule has 0 spiro atoms. The quantitative estimate of drug-likeness (QED) is 0.506. The molecule has 5 nitrogen and oxygen atoms in total. The van der Waals surface area contributed by atoms with E-state index in [9.17, 15) is 9.59 Å². The Kier molecular flexibility index (Phi) is 8.43. The lowest BCUT2D eigenvalue weighted by Gasteiger charge is -2.22. The first kappa shape index (κ1) is 21.4. The maximum atomic E-state index is 12.3. The molecule has 28 heavy (non-hydrogen) atoms. The van der Waals surface area contributed by atoms with Gasteiger partial charge in [-0.2, -0.15) is 0 Å². The van der Waals surface area contributed by atoms with Crippen molar-refractivity contribution in [2.45, 2.75) is 26.8 Å². The van der Waals surface area contributed by atoms with E-state index >= 15 is 0 Å². The number of hydrogen-bond acceptors (Lipinski definition) is 4. The molecule has 1 unspecified atom stereocenters. The number of anilines is 1. The van der Waals surface area contributed by atoms with Crippen LogP contribution < -0.4 is 10.6 Å². The summed E-state index contributed by atoms with van der Waals surface area (Å²) in [5.41, 5.74) is 2.73. The monoisotopic (exact) mass is 380 g/mol. The minimum Gasteiger partial charge on any atom is -0.463 e. The third kappa shape index (κ3) is 7.00. The van der Waals surface area contributed by atoms with Crippen LogP contribution in [0.4, 0.5) is 5.69 Å². The van der Waals surface area contributed by atoms with Crippen LogP contribution in [-0.2, 0) is 14.3 Å². The Hall–Kier alpha value is -2.92. The first-order valence-electron chi connectivity index (χ1n) is 9.52. The molecule has 0 radical (unpaired) electrons. The van der Waals surface area contributed by atoms with Gasteiger partial charge in [0.15, 0.2) is 0 Å². The Morgan fingerprint density at radius 1 is 1.04 bits per heavy atom. The molecule has 0 aliphatic carbocycles. The maximum absolute atomic E-state index is 12.3. The van der Waals surface area contributed by atoms with Crippen molar-refractivity contribution in [1.82, 2.24) is 5.32 Å². The lowest BCUT2D eigenvalue weighted by atomic mass is 9.96. The number of nitrogens with one attached hydrogen (secondary N) is 2. The van der Waals surface area contributed by atoms with Gasteiger partial charge < -0.3 is 15.4 Å². The number of benzene rings is 2. The predicted octanol–water partition coefficient (Wildman–Crippen LogP) is 4.19. The molecule has 0 saturated heterocycles. The van der Waals surface area contributed by atoms with Crippen molar-refractivity contribution in [3.63, 3.8) is 0 Å². The van der Waals surface area contributed by atoms with Crippen molar-refractivity contribution in [2.24, 2.45) is 5.92 Å². The average molecular weight is 380 g/mol. The minimum absolute atomic E-state index is 0.101. The summed E-state index contributed by atoms with van der Waals surface area (Å²) in [5.74, 6) is -0.110. The molecule has 2 rings (SSSR count). The molecule has 2 aromatic carbocycles. The second-order valence-corrected chi connectivity index (χ2v) is 6.77. The van der Waals surface area contributed by atoms with Gasteiger partial charge in [-0.05, 0) is 42.2 Å². The van der Waals surface area contributed by atoms with Gasteiger partial charge in [0, 0.05) is 17.8 Å². The van der Waals surface area contributed by atoms with Crippen molar-refractivity contribution in [1.29, 1.82) is 0 Å². The molecule has 0 bridgehead atoms. The van der Waals surface area contributed by atoms with Crippen LogP contribution >= 0.6 is 0 Å². The molecule has 1 amide bonds. The van der Waals surface area contributed by atoms with E-state index < -0.39 is 0 Å². The fourth-order valence-electron chi connectivity index (χ4n) is 2.84. The minimum atomic E-state index is -0.371.